The summed E-state index contributed by atoms with van der Waals surface area (Å²) in [5.74, 6) is 1.22. The zero-order valence-electron chi connectivity index (χ0n) is 13.6. The van der Waals surface area contributed by atoms with Crippen LogP contribution in [0.3, 0.4) is 0 Å². The van der Waals surface area contributed by atoms with E-state index in [0.29, 0.717) is 31.1 Å². The third kappa shape index (κ3) is 3.44. The van der Waals surface area contributed by atoms with E-state index in [0.717, 1.165) is 31.8 Å². The Kier molecular flexibility index (Phi) is 5.35. The molecule has 1 aromatic rings. The average molecular weight is 296 g/mol. The molecule has 120 valence electrons. The first kappa shape index (κ1) is 16.4. The summed E-state index contributed by atoms with van der Waals surface area (Å²) in [6.45, 7) is 11.6. The molecule has 6 heteroatoms. The Morgan fingerprint density at radius 1 is 1.43 bits per heavy atom. The summed E-state index contributed by atoms with van der Waals surface area (Å²) >= 11 is 0. The van der Waals surface area contributed by atoms with Gasteiger partial charge in [0.2, 0.25) is 5.89 Å². The third-order valence-corrected chi connectivity index (χ3v) is 4.47. The largest absolute Gasteiger partial charge is 0.378 e. The number of ether oxygens (including phenoxy) is 1. The summed E-state index contributed by atoms with van der Waals surface area (Å²) in [5.41, 5.74) is 5.68. The number of nitrogens with two attached hydrogens (primary N) is 1. The lowest BCUT2D eigenvalue weighted by molar-refractivity contribution is -0.152. The molecular formula is C15H28N4O2. The van der Waals surface area contributed by atoms with Crippen molar-refractivity contribution in [1.29, 1.82) is 0 Å². The number of nitrogens with zero attached hydrogens (tertiary/aromatic N) is 3. The molecule has 1 saturated carbocycles. The van der Waals surface area contributed by atoms with Crippen molar-refractivity contribution in [1.82, 2.24) is 15.0 Å². The summed E-state index contributed by atoms with van der Waals surface area (Å²) in [4.78, 5) is 6.76. The Bertz CT molecular complexity index is 447. The average Bonchev–Trinajstić information content (AvgIpc) is 2.90. The van der Waals surface area contributed by atoms with Crippen LogP contribution in [0.2, 0.25) is 0 Å². The highest BCUT2D eigenvalue weighted by molar-refractivity contribution is 5.04. The highest BCUT2D eigenvalue weighted by Crippen LogP contribution is 2.46. The number of hydrogen-bond acceptors (Lipinski definition) is 6. The van der Waals surface area contributed by atoms with Crippen LogP contribution in [0, 0.1) is 5.41 Å². The first-order chi connectivity index (χ1) is 10.0. The number of rotatable bonds is 8. The molecule has 0 bridgehead atoms. The molecule has 0 spiro atoms. The molecule has 2 rings (SSSR count). The Labute approximate surface area is 127 Å². The van der Waals surface area contributed by atoms with E-state index in [1.165, 1.54) is 0 Å². The van der Waals surface area contributed by atoms with Gasteiger partial charge in [0.05, 0.1) is 19.2 Å². The molecule has 1 aliphatic rings. The maximum absolute atomic E-state index is 5.83. The van der Waals surface area contributed by atoms with Crippen molar-refractivity contribution in [2.45, 2.75) is 65.8 Å². The fourth-order valence-electron chi connectivity index (χ4n) is 3.22. The van der Waals surface area contributed by atoms with E-state index in [-0.39, 0.29) is 5.41 Å². The van der Waals surface area contributed by atoms with E-state index < -0.39 is 0 Å². The standard InChI is InChI=1S/C15H28N4O2/c1-5-7-19(10-13-17-14(9-16)21-18-13)11-8-12(20-6-2)15(11,3)4/h11-12H,5-10,16H2,1-4H3. The molecule has 21 heavy (non-hydrogen) atoms. The summed E-state index contributed by atoms with van der Waals surface area (Å²) in [5, 5.41) is 4.01. The molecule has 6 nitrogen and oxygen atoms in total. The van der Waals surface area contributed by atoms with Crippen LogP contribution in [0.1, 0.15) is 52.3 Å². The van der Waals surface area contributed by atoms with Gasteiger partial charge in [0.15, 0.2) is 5.82 Å². The van der Waals surface area contributed by atoms with Crippen molar-refractivity contribution in [3.63, 3.8) is 0 Å². The van der Waals surface area contributed by atoms with Gasteiger partial charge in [-0.05, 0) is 26.3 Å². The fraction of sp³-hybridized carbons (Fsp3) is 0.867. The molecule has 0 radical (unpaired) electrons. The predicted octanol–water partition coefficient (Wildman–Crippen LogP) is 1.94. The first-order valence-corrected chi connectivity index (χ1v) is 7.90. The Hall–Kier alpha value is -0.980. The van der Waals surface area contributed by atoms with Gasteiger partial charge in [-0.15, -0.1) is 0 Å². The fourth-order valence-corrected chi connectivity index (χ4v) is 3.22. The minimum Gasteiger partial charge on any atom is -0.378 e. The Balaban J connectivity index is 2.02. The van der Waals surface area contributed by atoms with Crippen molar-refractivity contribution >= 4 is 0 Å². The summed E-state index contributed by atoms with van der Waals surface area (Å²) in [6.07, 6.45) is 2.52. The van der Waals surface area contributed by atoms with Crippen LogP contribution in [0.5, 0.6) is 0 Å². The van der Waals surface area contributed by atoms with Crippen LogP contribution in [-0.4, -0.2) is 40.3 Å². The van der Waals surface area contributed by atoms with E-state index >= 15 is 0 Å². The molecule has 0 saturated heterocycles. The Morgan fingerprint density at radius 2 is 2.19 bits per heavy atom. The van der Waals surface area contributed by atoms with E-state index in [1.807, 2.05) is 0 Å². The highest BCUT2D eigenvalue weighted by Gasteiger charge is 2.51. The number of hydrogen-bond donors (Lipinski definition) is 1. The molecule has 2 N–H and O–H groups in total. The zero-order chi connectivity index (χ0) is 15.5. The van der Waals surface area contributed by atoms with Gasteiger partial charge in [-0.1, -0.05) is 25.9 Å². The molecule has 1 fully saturated rings. The van der Waals surface area contributed by atoms with Crippen LogP contribution in [-0.2, 0) is 17.8 Å². The SMILES string of the molecule is CCCN(Cc1noc(CN)n1)C1CC(OCC)C1(C)C. The molecular weight excluding hydrogens is 268 g/mol. The van der Waals surface area contributed by atoms with Crippen LogP contribution in [0.15, 0.2) is 4.52 Å². The van der Waals surface area contributed by atoms with Gasteiger partial charge in [-0.3, -0.25) is 4.90 Å². The molecule has 1 heterocycles. The quantitative estimate of drug-likeness (QED) is 0.790. The lowest BCUT2D eigenvalue weighted by Gasteiger charge is -2.55. The van der Waals surface area contributed by atoms with Crippen molar-refractivity contribution < 1.29 is 9.26 Å². The van der Waals surface area contributed by atoms with Crippen LogP contribution in [0.4, 0.5) is 0 Å². The van der Waals surface area contributed by atoms with Gasteiger partial charge in [0, 0.05) is 18.1 Å². The smallest absolute Gasteiger partial charge is 0.240 e. The van der Waals surface area contributed by atoms with Crippen molar-refractivity contribution in [2.75, 3.05) is 13.2 Å². The highest BCUT2D eigenvalue weighted by atomic mass is 16.5. The van der Waals surface area contributed by atoms with Crippen LogP contribution in [0.25, 0.3) is 0 Å². The van der Waals surface area contributed by atoms with E-state index in [9.17, 15) is 0 Å². The van der Waals surface area contributed by atoms with E-state index in [1.54, 1.807) is 0 Å². The summed E-state index contributed by atoms with van der Waals surface area (Å²) in [6, 6.07) is 0.494. The summed E-state index contributed by atoms with van der Waals surface area (Å²) in [7, 11) is 0. The maximum atomic E-state index is 5.83. The van der Waals surface area contributed by atoms with E-state index in [4.69, 9.17) is 15.0 Å². The zero-order valence-corrected chi connectivity index (χ0v) is 13.6. The first-order valence-electron chi connectivity index (χ1n) is 7.90. The minimum absolute atomic E-state index is 0.158. The van der Waals surface area contributed by atoms with Gasteiger partial charge in [0.25, 0.3) is 0 Å². The van der Waals surface area contributed by atoms with Gasteiger partial charge >= 0.3 is 0 Å². The van der Waals surface area contributed by atoms with Crippen molar-refractivity contribution in [3.05, 3.63) is 11.7 Å². The van der Waals surface area contributed by atoms with Crippen LogP contribution < -0.4 is 5.73 Å². The normalized spacial score (nSPS) is 24.3. The van der Waals surface area contributed by atoms with Gasteiger partial charge in [0.1, 0.15) is 0 Å². The topological polar surface area (TPSA) is 77.4 Å². The molecule has 0 aromatic carbocycles. The molecule has 2 atom stereocenters. The second kappa shape index (κ2) is 6.85. The van der Waals surface area contributed by atoms with Crippen molar-refractivity contribution in [2.24, 2.45) is 11.1 Å². The lowest BCUT2D eigenvalue weighted by atomic mass is 9.63. The monoisotopic (exact) mass is 296 g/mol. The molecule has 0 amide bonds. The molecule has 2 unspecified atom stereocenters. The molecule has 1 aliphatic carbocycles. The van der Waals surface area contributed by atoms with Gasteiger partial charge in [-0.25, -0.2) is 0 Å². The second-order valence-corrected chi connectivity index (χ2v) is 6.30. The Morgan fingerprint density at radius 3 is 2.71 bits per heavy atom. The minimum atomic E-state index is 0.158. The number of aromatic nitrogens is 2. The van der Waals surface area contributed by atoms with Crippen LogP contribution >= 0.6 is 0 Å². The van der Waals surface area contributed by atoms with Gasteiger partial charge in [-0.2, -0.15) is 4.98 Å². The summed E-state index contributed by atoms with van der Waals surface area (Å²) < 4.78 is 10.9. The lowest BCUT2D eigenvalue weighted by Crippen LogP contribution is -2.62. The molecule has 1 aromatic heterocycles. The van der Waals surface area contributed by atoms with Gasteiger partial charge < -0.3 is 15.0 Å². The van der Waals surface area contributed by atoms with Crippen molar-refractivity contribution in [3.8, 4) is 0 Å². The molecule has 0 aliphatic heterocycles. The second-order valence-electron chi connectivity index (χ2n) is 6.30. The maximum Gasteiger partial charge on any atom is 0.240 e. The predicted molar refractivity (Wildman–Crippen MR) is 80.5 cm³/mol. The van der Waals surface area contributed by atoms with E-state index in [2.05, 4.69) is 42.7 Å². The third-order valence-electron chi connectivity index (χ3n) is 4.47.